The molecule has 1 N–H and O–H groups in total. The summed E-state index contributed by atoms with van der Waals surface area (Å²) in [5.41, 5.74) is 0.0611. The monoisotopic (exact) mass is 458 g/mol. The van der Waals surface area contributed by atoms with Gasteiger partial charge in [-0.2, -0.15) is 0 Å². The van der Waals surface area contributed by atoms with Crippen molar-refractivity contribution < 1.29 is 23.8 Å². The minimum atomic E-state index is -1.11. The molecule has 0 saturated heterocycles. The lowest BCUT2D eigenvalue weighted by molar-refractivity contribution is -0.162. The lowest BCUT2D eigenvalue weighted by Gasteiger charge is -2.29. The lowest BCUT2D eigenvalue weighted by Crippen LogP contribution is -2.39. The summed E-state index contributed by atoms with van der Waals surface area (Å²) in [5.74, 6) is 0.370. The number of esters is 1. The van der Waals surface area contributed by atoms with E-state index in [1.807, 2.05) is 25.1 Å². The zero-order chi connectivity index (χ0) is 24.3. The number of carbonyl (C=O) groups is 1. The fraction of sp³-hybridized carbons (Fsp3) is 0.556. The number of unbranched alkanes of at least 4 members (excludes halogenated alkanes) is 4. The molecule has 33 heavy (non-hydrogen) atoms. The van der Waals surface area contributed by atoms with Gasteiger partial charge in [-0.15, -0.1) is 0 Å². The molecule has 0 radical (unpaired) electrons. The van der Waals surface area contributed by atoms with E-state index in [9.17, 15) is 14.7 Å². The van der Waals surface area contributed by atoms with E-state index in [0.29, 0.717) is 37.2 Å². The Morgan fingerprint density at radius 2 is 1.85 bits per heavy atom. The quantitative estimate of drug-likeness (QED) is 0.163. The molecule has 0 fully saturated rings. The Bertz CT molecular complexity index is 966. The van der Waals surface area contributed by atoms with Crippen LogP contribution >= 0.6 is 0 Å². The van der Waals surface area contributed by atoms with E-state index < -0.39 is 17.3 Å². The molecule has 0 aliphatic rings. The molecule has 1 aromatic carbocycles. The van der Waals surface area contributed by atoms with Gasteiger partial charge < -0.3 is 19.0 Å². The molecule has 0 amide bonds. The van der Waals surface area contributed by atoms with Crippen molar-refractivity contribution in [2.24, 2.45) is 0 Å². The molecule has 1 heterocycles. The van der Waals surface area contributed by atoms with Crippen LogP contribution in [0.1, 0.15) is 79.1 Å². The summed E-state index contributed by atoms with van der Waals surface area (Å²) in [7, 11) is 0. The minimum absolute atomic E-state index is 0.244. The second-order valence-electron chi connectivity index (χ2n) is 9.15. The van der Waals surface area contributed by atoms with E-state index in [1.165, 1.54) is 18.9 Å². The van der Waals surface area contributed by atoms with Gasteiger partial charge in [0.1, 0.15) is 24.0 Å². The molecule has 0 unspecified atom stereocenters. The average Bonchev–Trinajstić information content (AvgIpc) is 2.75. The molecule has 0 aliphatic heterocycles. The molecule has 1 atom stereocenters. The standard InChI is InChI=1S/C27H38O6/c1-5-6-7-8-9-10-25(28)33-24(27(3,4)30)15-11-20(2)17-18-31-22-14-12-21-13-16-26(29)32-23(21)19-22/h12-14,16-17,19,24,30H,5-11,15,18H2,1-4H3/b20-17+/t24-/m1/s1. The van der Waals surface area contributed by atoms with Crippen LogP contribution in [0.15, 0.2) is 51.2 Å². The van der Waals surface area contributed by atoms with Gasteiger partial charge >= 0.3 is 11.6 Å². The van der Waals surface area contributed by atoms with Crippen molar-refractivity contribution in [2.75, 3.05) is 6.61 Å². The molecule has 182 valence electrons. The van der Waals surface area contributed by atoms with Crippen molar-refractivity contribution in [1.82, 2.24) is 0 Å². The van der Waals surface area contributed by atoms with E-state index in [0.717, 1.165) is 30.2 Å². The highest BCUT2D eigenvalue weighted by Crippen LogP contribution is 2.22. The van der Waals surface area contributed by atoms with E-state index in [-0.39, 0.29) is 5.97 Å². The normalized spacial score (nSPS) is 13.2. The fourth-order valence-electron chi connectivity index (χ4n) is 3.52. The third-order valence-corrected chi connectivity index (χ3v) is 5.62. The molecular formula is C27H38O6. The lowest BCUT2D eigenvalue weighted by atomic mass is 9.95. The van der Waals surface area contributed by atoms with Crippen molar-refractivity contribution in [3.05, 3.63) is 52.4 Å². The summed E-state index contributed by atoms with van der Waals surface area (Å²) >= 11 is 0. The van der Waals surface area contributed by atoms with Crippen LogP contribution < -0.4 is 10.4 Å². The number of rotatable bonds is 14. The SMILES string of the molecule is CCCCCCCC(=O)O[C@H](CC/C(C)=C/COc1ccc2ccc(=O)oc2c1)C(C)(C)O. The minimum Gasteiger partial charge on any atom is -0.489 e. The zero-order valence-corrected chi connectivity index (χ0v) is 20.4. The van der Waals surface area contributed by atoms with Crippen LogP contribution in [0.5, 0.6) is 5.75 Å². The molecule has 6 nitrogen and oxygen atoms in total. The molecule has 0 bridgehead atoms. The van der Waals surface area contributed by atoms with Crippen LogP contribution in [0.2, 0.25) is 0 Å². The van der Waals surface area contributed by atoms with E-state index >= 15 is 0 Å². The Morgan fingerprint density at radius 3 is 2.58 bits per heavy atom. The van der Waals surface area contributed by atoms with Gasteiger partial charge in [0.2, 0.25) is 0 Å². The maximum absolute atomic E-state index is 12.2. The van der Waals surface area contributed by atoms with Crippen LogP contribution in [0.4, 0.5) is 0 Å². The van der Waals surface area contributed by atoms with Crippen molar-refractivity contribution in [1.29, 1.82) is 0 Å². The van der Waals surface area contributed by atoms with Crippen molar-refractivity contribution in [2.45, 2.75) is 90.8 Å². The third kappa shape index (κ3) is 9.82. The summed E-state index contributed by atoms with van der Waals surface area (Å²) in [5, 5.41) is 11.3. The highest BCUT2D eigenvalue weighted by molar-refractivity contribution is 5.77. The summed E-state index contributed by atoms with van der Waals surface area (Å²) in [6.07, 6.45) is 8.35. The summed E-state index contributed by atoms with van der Waals surface area (Å²) in [6, 6.07) is 8.48. The van der Waals surface area contributed by atoms with E-state index in [4.69, 9.17) is 13.9 Å². The Hall–Kier alpha value is -2.60. The predicted molar refractivity (Wildman–Crippen MR) is 131 cm³/mol. The van der Waals surface area contributed by atoms with Gasteiger partial charge in [0, 0.05) is 23.9 Å². The Morgan fingerprint density at radius 1 is 1.12 bits per heavy atom. The second-order valence-corrected chi connectivity index (χ2v) is 9.15. The average molecular weight is 459 g/mol. The highest BCUT2D eigenvalue weighted by Gasteiger charge is 2.30. The summed E-state index contributed by atoms with van der Waals surface area (Å²) in [4.78, 5) is 23.6. The first kappa shape index (κ1) is 26.7. The smallest absolute Gasteiger partial charge is 0.336 e. The second kappa shape index (κ2) is 13.2. The molecule has 0 aliphatic carbocycles. The van der Waals surface area contributed by atoms with E-state index in [1.54, 1.807) is 26.0 Å². The Labute approximate surface area is 196 Å². The van der Waals surface area contributed by atoms with E-state index in [2.05, 4.69) is 6.92 Å². The first-order valence-corrected chi connectivity index (χ1v) is 11.9. The largest absolute Gasteiger partial charge is 0.489 e. The molecule has 1 aromatic heterocycles. The van der Waals surface area contributed by atoms with Crippen LogP contribution in [0.25, 0.3) is 11.0 Å². The van der Waals surface area contributed by atoms with Gasteiger partial charge in [-0.1, -0.05) is 38.2 Å². The van der Waals surface area contributed by atoms with Crippen LogP contribution in [-0.4, -0.2) is 29.4 Å². The third-order valence-electron chi connectivity index (χ3n) is 5.62. The Kier molecular flexibility index (Phi) is 10.7. The maximum atomic E-state index is 12.2. The number of hydrogen-bond donors (Lipinski definition) is 1. The van der Waals surface area contributed by atoms with Gasteiger partial charge in [-0.3, -0.25) is 4.79 Å². The fourth-order valence-corrected chi connectivity index (χ4v) is 3.52. The molecule has 0 spiro atoms. The number of ether oxygens (including phenoxy) is 2. The van der Waals surface area contributed by atoms with Crippen LogP contribution in [0.3, 0.4) is 0 Å². The molecule has 0 saturated carbocycles. The first-order chi connectivity index (χ1) is 15.7. The van der Waals surface area contributed by atoms with Gasteiger partial charge in [-0.25, -0.2) is 4.79 Å². The number of fused-ring (bicyclic) bond motifs is 1. The van der Waals surface area contributed by atoms with Crippen LogP contribution in [0, 0.1) is 0 Å². The van der Waals surface area contributed by atoms with Gasteiger partial charge in [-0.05, 0) is 64.3 Å². The zero-order valence-electron chi connectivity index (χ0n) is 20.4. The number of carbonyl (C=O) groups excluding carboxylic acids is 1. The van der Waals surface area contributed by atoms with Gasteiger partial charge in [0.25, 0.3) is 0 Å². The number of aliphatic hydroxyl groups is 1. The first-order valence-electron chi connectivity index (χ1n) is 11.9. The summed E-state index contributed by atoms with van der Waals surface area (Å²) < 4.78 is 16.6. The topological polar surface area (TPSA) is 86.0 Å². The maximum Gasteiger partial charge on any atom is 0.336 e. The highest BCUT2D eigenvalue weighted by atomic mass is 16.6. The van der Waals surface area contributed by atoms with Crippen molar-refractivity contribution in [3.8, 4) is 5.75 Å². The van der Waals surface area contributed by atoms with Crippen molar-refractivity contribution in [3.63, 3.8) is 0 Å². The number of hydrogen-bond acceptors (Lipinski definition) is 6. The van der Waals surface area contributed by atoms with Crippen LogP contribution in [-0.2, 0) is 9.53 Å². The number of allylic oxidation sites excluding steroid dienone is 1. The number of benzene rings is 1. The molecule has 2 aromatic rings. The molecular weight excluding hydrogens is 420 g/mol. The molecule has 6 heteroatoms. The van der Waals surface area contributed by atoms with Crippen molar-refractivity contribution >= 4 is 16.9 Å². The molecule has 2 rings (SSSR count). The van der Waals surface area contributed by atoms with Gasteiger partial charge in [0.05, 0.1) is 5.60 Å². The predicted octanol–water partition coefficient (Wildman–Crippen LogP) is 5.94. The Balaban J connectivity index is 1.82. The summed E-state index contributed by atoms with van der Waals surface area (Å²) in [6.45, 7) is 7.85. The van der Waals surface area contributed by atoms with Gasteiger partial charge in [0.15, 0.2) is 0 Å².